The van der Waals surface area contributed by atoms with E-state index in [1.54, 1.807) is 0 Å². The van der Waals surface area contributed by atoms with Gasteiger partial charge in [0.2, 0.25) is 0 Å². The van der Waals surface area contributed by atoms with E-state index in [0.717, 1.165) is 12.8 Å². The number of hydrogen-bond donors (Lipinski definition) is 3. The number of ether oxygens (including phenoxy) is 2. The van der Waals surface area contributed by atoms with Gasteiger partial charge in [0.05, 0.1) is 37.6 Å². The molecule has 20 heavy (non-hydrogen) atoms. The predicted molar refractivity (Wildman–Crippen MR) is 69.7 cm³/mol. The monoisotopic (exact) mass is 285 g/mol. The fourth-order valence-electron chi connectivity index (χ4n) is 3.20. The van der Waals surface area contributed by atoms with E-state index in [0.29, 0.717) is 12.8 Å². The topological polar surface area (TPSA) is 103 Å². The van der Waals surface area contributed by atoms with Crippen LogP contribution in [0.4, 0.5) is 0 Å². The Morgan fingerprint density at radius 3 is 2.75 bits per heavy atom. The van der Waals surface area contributed by atoms with E-state index >= 15 is 0 Å². The number of hydrogen-bond acceptors (Lipinski definition) is 6. The molecule has 6 heteroatoms. The van der Waals surface area contributed by atoms with Gasteiger partial charge in [0.1, 0.15) is 11.7 Å². The highest BCUT2D eigenvalue weighted by molar-refractivity contribution is 5.03. The van der Waals surface area contributed by atoms with E-state index in [2.05, 4.69) is 6.07 Å². The molecule has 0 bridgehead atoms. The van der Waals surface area contributed by atoms with Crippen LogP contribution >= 0.6 is 0 Å². The van der Waals surface area contributed by atoms with Gasteiger partial charge in [-0.3, -0.25) is 0 Å². The van der Waals surface area contributed by atoms with Crippen LogP contribution in [0.2, 0.25) is 0 Å². The van der Waals surface area contributed by atoms with Gasteiger partial charge < -0.3 is 24.8 Å². The van der Waals surface area contributed by atoms with Gasteiger partial charge in [-0.25, -0.2) is 0 Å². The van der Waals surface area contributed by atoms with Gasteiger partial charge in [-0.15, -0.1) is 0 Å². The van der Waals surface area contributed by atoms with Crippen LogP contribution in [0.5, 0.6) is 0 Å². The lowest BCUT2D eigenvalue weighted by Gasteiger charge is -2.41. The largest absolute Gasteiger partial charge is 0.394 e. The summed E-state index contributed by atoms with van der Waals surface area (Å²) in [5, 5.41) is 37.3. The van der Waals surface area contributed by atoms with Crippen molar-refractivity contribution in [2.24, 2.45) is 5.92 Å². The van der Waals surface area contributed by atoms with Crippen LogP contribution in [0.15, 0.2) is 0 Å². The van der Waals surface area contributed by atoms with Crippen molar-refractivity contribution in [1.29, 1.82) is 5.26 Å². The maximum atomic E-state index is 9.72. The van der Waals surface area contributed by atoms with Crippen molar-refractivity contribution in [2.75, 3.05) is 13.2 Å². The summed E-state index contributed by atoms with van der Waals surface area (Å²) in [6, 6.07) is 2.19. The van der Waals surface area contributed by atoms with Crippen molar-refractivity contribution in [1.82, 2.24) is 0 Å². The third kappa shape index (κ3) is 2.97. The molecular formula is C14H23NO5. The Bertz CT molecular complexity index is 371. The zero-order chi connectivity index (χ0) is 14.8. The quantitative estimate of drug-likeness (QED) is 0.655. The number of nitrogens with zero attached hydrogens (tertiary/aromatic N) is 1. The number of nitriles is 1. The van der Waals surface area contributed by atoms with Crippen molar-refractivity contribution in [3.63, 3.8) is 0 Å². The van der Waals surface area contributed by atoms with Crippen molar-refractivity contribution >= 4 is 0 Å². The molecule has 6 nitrogen and oxygen atoms in total. The van der Waals surface area contributed by atoms with Gasteiger partial charge in [-0.05, 0) is 26.2 Å². The molecular weight excluding hydrogens is 262 g/mol. The van der Waals surface area contributed by atoms with E-state index in [4.69, 9.17) is 19.8 Å². The molecule has 2 aliphatic rings. The van der Waals surface area contributed by atoms with E-state index in [1.165, 1.54) is 0 Å². The lowest BCUT2D eigenvalue weighted by atomic mass is 9.85. The highest BCUT2D eigenvalue weighted by atomic mass is 16.6. The average Bonchev–Trinajstić information content (AvgIpc) is 2.85. The van der Waals surface area contributed by atoms with Crippen LogP contribution in [-0.4, -0.2) is 58.6 Å². The summed E-state index contributed by atoms with van der Waals surface area (Å²) in [5.74, 6) is -0.0894. The first-order chi connectivity index (χ1) is 9.54. The molecule has 0 aliphatic carbocycles. The molecule has 1 unspecified atom stereocenters. The Labute approximate surface area is 118 Å². The molecule has 0 saturated carbocycles. The molecule has 2 heterocycles. The second kappa shape index (κ2) is 6.37. The fraction of sp³-hybridized carbons (Fsp3) is 0.929. The molecule has 3 N–H and O–H groups in total. The smallest absolute Gasteiger partial charge is 0.120 e. The van der Waals surface area contributed by atoms with Crippen molar-refractivity contribution < 1.29 is 24.8 Å². The second-order valence-corrected chi connectivity index (χ2v) is 5.92. The lowest BCUT2D eigenvalue weighted by Crippen LogP contribution is -2.51. The summed E-state index contributed by atoms with van der Waals surface area (Å²) in [7, 11) is 0. The summed E-state index contributed by atoms with van der Waals surface area (Å²) in [6.07, 6.45) is 0.728. The molecule has 0 aromatic carbocycles. The van der Waals surface area contributed by atoms with Gasteiger partial charge in [-0.1, -0.05) is 0 Å². The standard InChI is InChI=1S/C14H23NO5/c1-9(6-15)4-10-2-3-13-14(8-17,20-10)5-12(19-13)11(18)7-16/h9-13,16-18H,2-5,7-8H2,1H3/t9-,10-,11-,12-,13+,14?/m1/s1. The first-order valence-electron chi connectivity index (χ1n) is 7.17. The van der Waals surface area contributed by atoms with Crippen molar-refractivity contribution in [3.05, 3.63) is 0 Å². The van der Waals surface area contributed by atoms with Gasteiger partial charge in [0, 0.05) is 12.3 Å². The van der Waals surface area contributed by atoms with E-state index in [1.807, 2.05) is 6.92 Å². The molecule has 6 atom stereocenters. The van der Waals surface area contributed by atoms with Crippen molar-refractivity contribution in [2.45, 2.75) is 62.6 Å². The zero-order valence-electron chi connectivity index (χ0n) is 11.7. The van der Waals surface area contributed by atoms with Crippen molar-refractivity contribution in [3.8, 4) is 6.07 Å². The first-order valence-corrected chi connectivity index (χ1v) is 7.17. The number of rotatable bonds is 5. The van der Waals surface area contributed by atoms with Crippen LogP contribution in [0.1, 0.15) is 32.6 Å². The third-order valence-corrected chi connectivity index (χ3v) is 4.35. The number of fused-ring (bicyclic) bond motifs is 1. The molecule has 114 valence electrons. The SMILES string of the molecule is C[C@@H](C#N)C[C@H]1CC[C@@H]2O[C@@H]([C@H](O)CO)CC2(CO)O1. The highest BCUT2D eigenvalue weighted by Crippen LogP contribution is 2.43. The summed E-state index contributed by atoms with van der Waals surface area (Å²) in [4.78, 5) is 0. The maximum absolute atomic E-state index is 9.72. The van der Waals surface area contributed by atoms with Crippen LogP contribution in [-0.2, 0) is 9.47 Å². The average molecular weight is 285 g/mol. The lowest BCUT2D eigenvalue weighted by molar-refractivity contribution is -0.186. The van der Waals surface area contributed by atoms with Gasteiger partial charge in [0.15, 0.2) is 0 Å². The molecule has 0 aromatic heterocycles. The minimum Gasteiger partial charge on any atom is -0.394 e. The minimum atomic E-state index is -0.955. The Morgan fingerprint density at radius 1 is 1.40 bits per heavy atom. The molecule has 0 amide bonds. The van der Waals surface area contributed by atoms with Crippen LogP contribution in [0.3, 0.4) is 0 Å². The minimum absolute atomic E-state index is 0.0679. The third-order valence-electron chi connectivity index (χ3n) is 4.35. The second-order valence-electron chi connectivity index (χ2n) is 5.92. The summed E-state index contributed by atoms with van der Waals surface area (Å²) in [6.45, 7) is 1.31. The Balaban J connectivity index is 2.04. The Hall–Kier alpha value is -0.710. The van der Waals surface area contributed by atoms with Crippen LogP contribution in [0, 0.1) is 17.2 Å². The molecule has 0 aromatic rings. The molecule has 2 saturated heterocycles. The predicted octanol–water partition coefficient (Wildman–Crippen LogP) is -0.0430. The molecule has 0 spiro atoms. The maximum Gasteiger partial charge on any atom is 0.120 e. The van der Waals surface area contributed by atoms with Gasteiger partial charge in [-0.2, -0.15) is 5.26 Å². The van der Waals surface area contributed by atoms with E-state index in [-0.39, 0.29) is 31.3 Å². The van der Waals surface area contributed by atoms with Crippen LogP contribution in [0.25, 0.3) is 0 Å². The van der Waals surface area contributed by atoms with E-state index < -0.39 is 17.8 Å². The molecule has 2 fully saturated rings. The highest BCUT2D eigenvalue weighted by Gasteiger charge is 2.54. The fourth-order valence-corrected chi connectivity index (χ4v) is 3.20. The van der Waals surface area contributed by atoms with E-state index in [9.17, 15) is 10.2 Å². The summed E-state index contributed by atoms with van der Waals surface area (Å²) in [5.41, 5.74) is -0.807. The Morgan fingerprint density at radius 2 is 2.15 bits per heavy atom. The first kappa shape index (κ1) is 15.7. The molecule has 2 aliphatic heterocycles. The Kier molecular flexibility index (Phi) is 4.99. The van der Waals surface area contributed by atoms with Crippen LogP contribution < -0.4 is 0 Å². The normalized spacial score (nSPS) is 39.9. The molecule has 2 rings (SSSR count). The number of aliphatic hydroxyl groups excluding tert-OH is 3. The summed E-state index contributed by atoms with van der Waals surface area (Å²) < 4.78 is 11.8. The summed E-state index contributed by atoms with van der Waals surface area (Å²) >= 11 is 0. The molecule has 0 radical (unpaired) electrons. The zero-order valence-corrected chi connectivity index (χ0v) is 11.7. The van der Waals surface area contributed by atoms with Gasteiger partial charge >= 0.3 is 0 Å². The number of aliphatic hydroxyl groups is 3. The van der Waals surface area contributed by atoms with Gasteiger partial charge in [0.25, 0.3) is 0 Å².